The van der Waals surface area contributed by atoms with Gasteiger partial charge in [0.1, 0.15) is 6.10 Å². The van der Waals surface area contributed by atoms with Gasteiger partial charge in [-0.15, -0.1) is 0 Å². The molecule has 0 saturated carbocycles. The van der Waals surface area contributed by atoms with Gasteiger partial charge in [0.15, 0.2) is 0 Å². The highest BCUT2D eigenvalue weighted by atomic mass is 32.1. The SMILES string of the molecule is OC(CCS)C(O)c1ccc(C(F)F)cc1. The van der Waals surface area contributed by atoms with Crippen LogP contribution in [0.5, 0.6) is 0 Å². The van der Waals surface area contributed by atoms with Crippen molar-refractivity contribution in [3.8, 4) is 0 Å². The van der Waals surface area contributed by atoms with Gasteiger partial charge in [0.05, 0.1) is 6.10 Å². The van der Waals surface area contributed by atoms with Gasteiger partial charge in [-0.2, -0.15) is 12.6 Å². The van der Waals surface area contributed by atoms with Crippen LogP contribution in [-0.2, 0) is 0 Å². The topological polar surface area (TPSA) is 40.5 Å². The van der Waals surface area contributed by atoms with Gasteiger partial charge < -0.3 is 10.2 Å². The quantitative estimate of drug-likeness (QED) is 0.700. The molecule has 0 aliphatic rings. The molecule has 0 radical (unpaired) electrons. The van der Waals surface area contributed by atoms with Crippen LogP contribution in [0, 0.1) is 0 Å². The Morgan fingerprint density at radius 3 is 2.00 bits per heavy atom. The molecule has 0 heterocycles. The van der Waals surface area contributed by atoms with E-state index in [1.807, 2.05) is 0 Å². The third-order valence-electron chi connectivity index (χ3n) is 2.32. The van der Waals surface area contributed by atoms with Gasteiger partial charge in [0.25, 0.3) is 6.43 Å². The first-order valence-corrected chi connectivity index (χ1v) is 5.54. The minimum Gasteiger partial charge on any atom is -0.390 e. The molecule has 2 atom stereocenters. The van der Waals surface area contributed by atoms with E-state index in [9.17, 15) is 19.0 Å². The Morgan fingerprint density at radius 2 is 1.56 bits per heavy atom. The first kappa shape index (κ1) is 13.4. The molecule has 2 N–H and O–H groups in total. The van der Waals surface area contributed by atoms with Crippen molar-refractivity contribution in [1.29, 1.82) is 0 Å². The molecule has 0 aliphatic carbocycles. The average molecular weight is 248 g/mol. The van der Waals surface area contributed by atoms with Crippen LogP contribution < -0.4 is 0 Å². The molecule has 0 aliphatic heterocycles. The molecule has 5 heteroatoms. The number of thiol groups is 1. The average Bonchev–Trinajstić information content (AvgIpc) is 2.28. The standard InChI is InChI=1S/C11H14F2O2S/c12-11(13)8-3-1-7(2-4-8)10(15)9(14)5-6-16/h1-4,9-11,14-16H,5-6H2. The fraction of sp³-hybridized carbons (Fsp3) is 0.455. The van der Waals surface area contributed by atoms with Crippen molar-refractivity contribution in [2.75, 3.05) is 5.75 Å². The van der Waals surface area contributed by atoms with Crippen LogP contribution >= 0.6 is 12.6 Å². The predicted octanol–water partition coefficient (Wildman–Crippen LogP) is 2.34. The van der Waals surface area contributed by atoms with Crippen LogP contribution in [0.15, 0.2) is 24.3 Å². The van der Waals surface area contributed by atoms with Gasteiger partial charge in [0, 0.05) is 5.56 Å². The Kier molecular flexibility index (Phi) is 5.18. The molecule has 0 spiro atoms. The van der Waals surface area contributed by atoms with E-state index in [0.29, 0.717) is 17.7 Å². The first-order valence-electron chi connectivity index (χ1n) is 4.91. The second kappa shape index (κ2) is 6.18. The van der Waals surface area contributed by atoms with Crippen LogP contribution in [0.1, 0.15) is 30.1 Å². The lowest BCUT2D eigenvalue weighted by Gasteiger charge is -2.17. The van der Waals surface area contributed by atoms with Gasteiger partial charge in [-0.1, -0.05) is 24.3 Å². The fourth-order valence-electron chi connectivity index (χ4n) is 1.35. The van der Waals surface area contributed by atoms with E-state index in [0.717, 1.165) is 0 Å². The minimum atomic E-state index is -2.52. The second-order valence-corrected chi connectivity index (χ2v) is 3.94. The van der Waals surface area contributed by atoms with Crippen molar-refractivity contribution in [1.82, 2.24) is 0 Å². The number of benzene rings is 1. The second-order valence-electron chi connectivity index (χ2n) is 3.49. The molecular weight excluding hydrogens is 234 g/mol. The maximum absolute atomic E-state index is 12.3. The summed E-state index contributed by atoms with van der Waals surface area (Å²) in [4.78, 5) is 0. The lowest BCUT2D eigenvalue weighted by molar-refractivity contribution is 0.0172. The normalized spacial score (nSPS) is 15.1. The van der Waals surface area contributed by atoms with E-state index in [-0.39, 0.29) is 5.56 Å². The smallest absolute Gasteiger partial charge is 0.263 e. The third kappa shape index (κ3) is 3.43. The number of aliphatic hydroxyl groups excluding tert-OH is 2. The molecule has 0 amide bonds. The molecule has 90 valence electrons. The highest BCUT2D eigenvalue weighted by Gasteiger charge is 2.18. The Labute approximate surface area is 98.3 Å². The maximum atomic E-state index is 12.3. The summed E-state index contributed by atoms with van der Waals surface area (Å²) in [5, 5.41) is 19.2. The van der Waals surface area contributed by atoms with Crippen molar-refractivity contribution in [2.24, 2.45) is 0 Å². The summed E-state index contributed by atoms with van der Waals surface area (Å²) in [6, 6.07) is 5.29. The Morgan fingerprint density at radius 1 is 1.06 bits per heavy atom. The fourth-order valence-corrected chi connectivity index (χ4v) is 1.62. The molecule has 0 fully saturated rings. The van der Waals surface area contributed by atoms with Crippen LogP contribution in [-0.4, -0.2) is 22.1 Å². The summed E-state index contributed by atoms with van der Waals surface area (Å²) in [7, 11) is 0. The van der Waals surface area contributed by atoms with Crippen molar-refractivity contribution in [3.63, 3.8) is 0 Å². The van der Waals surface area contributed by atoms with E-state index in [1.165, 1.54) is 24.3 Å². The van der Waals surface area contributed by atoms with Gasteiger partial charge >= 0.3 is 0 Å². The van der Waals surface area contributed by atoms with E-state index in [1.54, 1.807) is 0 Å². The van der Waals surface area contributed by atoms with Crippen LogP contribution in [0.3, 0.4) is 0 Å². The molecule has 0 saturated heterocycles. The molecule has 1 aromatic carbocycles. The molecule has 16 heavy (non-hydrogen) atoms. The lowest BCUT2D eigenvalue weighted by Crippen LogP contribution is -2.18. The zero-order valence-corrected chi connectivity index (χ0v) is 9.45. The molecule has 2 nitrogen and oxygen atoms in total. The van der Waals surface area contributed by atoms with Gasteiger partial charge in [-0.3, -0.25) is 0 Å². The summed E-state index contributed by atoms with van der Waals surface area (Å²) >= 11 is 3.94. The largest absolute Gasteiger partial charge is 0.390 e. The summed E-state index contributed by atoms with van der Waals surface area (Å²) in [6.45, 7) is 0. The number of hydrogen-bond acceptors (Lipinski definition) is 3. The van der Waals surface area contributed by atoms with E-state index >= 15 is 0 Å². The minimum absolute atomic E-state index is 0.0976. The molecule has 0 aromatic heterocycles. The first-order chi connectivity index (χ1) is 7.56. The Hall–Kier alpha value is -0.650. The van der Waals surface area contributed by atoms with Crippen LogP contribution in [0.2, 0.25) is 0 Å². The molecule has 1 aromatic rings. The monoisotopic (exact) mass is 248 g/mol. The van der Waals surface area contributed by atoms with Crippen LogP contribution in [0.25, 0.3) is 0 Å². The maximum Gasteiger partial charge on any atom is 0.263 e. The summed E-state index contributed by atoms with van der Waals surface area (Å²) in [6.07, 6.45) is -4.15. The lowest BCUT2D eigenvalue weighted by atomic mass is 10.0. The van der Waals surface area contributed by atoms with Crippen molar-refractivity contribution in [3.05, 3.63) is 35.4 Å². The third-order valence-corrected chi connectivity index (χ3v) is 2.58. The number of rotatable bonds is 5. The van der Waals surface area contributed by atoms with Crippen molar-refractivity contribution < 1.29 is 19.0 Å². The van der Waals surface area contributed by atoms with E-state index in [2.05, 4.69) is 12.6 Å². The Balaban J connectivity index is 2.73. The molecule has 1 rings (SSSR count). The number of alkyl halides is 2. The summed E-state index contributed by atoms with van der Waals surface area (Å²) in [5.41, 5.74) is 0.332. The zero-order valence-electron chi connectivity index (χ0n) is 8.55. The summed E-state index contributed by atoms with van der Waals surface area (Å²) < 4.78 is 24.5. The van der Waals surface area contributed by atoms with Gasteiger partial charge in [-0.05, 0) is 17.7 Å². The van der Waals surface area contributed by atoms with E-state index in [4.69, 9.17) is 0 Å². The Bertz CT molecular complexity index is 316. The van der Waals surface area contributed by atoms with Gasteiger partial charge in [-0.25, -0.2) is 8.78 Å². The molecule has 0 bridgehead atoms. The molecular formula is C11H14F2O2S. The van der Waals surface area contributed by atoms with Crippen molar-refractivity contribution in [2.45, 2.75) is 25.1 Å². The summed E-state index contributed by atoms with van der Waals surface area (Å²) in [5.74, 6) is 0.452. The number of halogens is 2. The van der Waals surface area contributed by atoms with E-state index < -0.39 is 18.6 Å². The van der Waals surface area contributed by atoms with Crippen molar-refractivity contribution >= 4 is 12.6 Å². The predicted molar refractivity (Wildman–Crippen MR) is 60.8 cm³/mol. The highest BCUT2D eigenvalue weighted by Crippen LogP contribution is 2.23. The molecule has 2 unspecified atom stereocenters. The van der Waals surface area contributed by atoms with Crippen LogP contribution in [0.4, 0.5) is 8.78 Å². The number of hydrogen-bond donors (Lipinski definition) is 3. The number of aliphatic hydroxyl groups is 2. The van der Waals surface area contributed by atoms with Gasteiger partial charge in [0.2, 0.25) is 0 Å². The highest BCUT2D eigenvalue weighted by molar-refractivity contribution is 7.80. The zero-order chi connectivity index (χ0) is 12.1.